The van der Waals surface area contributed by atoms with Crippen molar-refractivity contribution < 1.29 is 0 Å². The summed E-state index contributed by atoms with van der Waals surface area (Å²) in [4.78, 5) is 10.6. The molecule has 0 atom stereocenters. The van der Waals surface area contributed by atoms with Gasteiger partial charge in [-0.05, 0) is 78.6 Å². The standard InChI is InChI=1S/C56H88N2Si4/c1-37(2)59(38(3)4,39(5)6)29-25-49-33-53-51(27-31-61(43(13)14,44(15)16)45(17)18)52(28-32-62(46(19)20,47(21)22)48(23)24)54-34-50(36-58-56(54)55(53)57-35-49)26-30-60(40(7)8,41(9)10)42(11)12/h33-48H,1-24H3. The van der Waals surface area contributed by atoms with E-state index in [4.69, 9.17) is 9.97 Å². The molecule has 0 saturated carbocycles. The predicted octanol–water partition coefficient (Wildman–Crippen LogP) is 17.1. The lowest BCUT2D eigenvalue weighted by Crippen LogP contribution is -2.43. The summed E-state index contributed by atoms with van der Waals surface area (Å²) in [6.45, 7) is 57.4. The second kappa shape index (κ2) is 21.0. The van der Waals surface area contributed by atoms with Gasteiger partial charge in [0.2, 0.25) is 0 Å². The van der Waals surface area contributed by atoms with E-state index in [1.165, 1.54) is 0 Å². The molecular weight excluding hydrogens is 813 g/mol. The lowest BCUT2D eigenvalue weighted by Gasteiger charge is -2.38. The minimum absolute atomic E-state index is 0.496. The third-order valence-electron chi connectivity index (χ3n) is 15.9. The lowest BCUT2D eigenvalue weighted by atomic mass is 9.96. The van der Waals surface area contributed by atoms with Crippen molar-refractivity contribution in [3.63, 3.8) is 0 Å². The van der Waals surface area contributed by atoms with E-state index in [0.717, 1.165) is 44.1 Å². The number of rotatable bonds is 12. The van der Waals surface area contributed by atoms with Gasteiger partial charge in [0.15, 0.2) is 0 Å². The molecule has 0 bridgehead atoms. The molecule has 0 unspecified atom stereocenters. The van der Waals surface area contributed by atoms with E-state index >= 15 is 0 Å². The van der Waals surface area contributed by atoms with E-state index in [9.17, 15) is 0 Å². The molecule has 0 fully saturated rings. The van der Waals surface area contributed by atoms with Crippen LogP contribution >= 0.6 is 0 Å². The van der Waals surface area contributed by atoms with Gasteiger partial charge in [-0.1, -0.05) is 190 Å². The predicted molar refractivity (Wildman–Crippen MR) is 289 cm³/mol. The maximum atomic E-state index is 5.30. The highest BCUT2D eigenvalue weighted by atomic mass is 28.3. The van der Waals surface area contributed by atoms with E-state index in [1.54, 1.807) is 0 Å². The number of fused-ring (bicyclic) bond motifs is 3. The molecular formula is C56H88N2Si4. The molecule has 0 aliphatic carbocycles. The summed E-state index contributed by atoms with van der Waals surface area (Å²) >= 11 is 0. The Morgan fingerprint density at radius 1 is 0.306 bits per heavy atom. The van der Waals surface area contributed by atoms with Gasteiger partial charge in [-0.2, -0.15) is 0 Å². The summed E-state index contributed by atoms with van der Waals surface area (Å²) in [7, 11) is -8.28. The summed E-state index contributed by atoms with van der Waals surface area (Å²) in [6, 6.07) is 4.57. The van der Waals surface area contributed by atoms with Crippen LogP contribution < -0.4 is 0 Å². The van der Waals surface area contributed by atoms with E-state index < -0.39 is 32.3 Å². The van der Waals surface area contributed by atoms with Gasteiger partial charge in [-0.25, -0.2) is 0 Å². The van der Waals surface area contributed by atoms with Gasteiger partial charge in [0.25, 0.3) is 0 Å². The Morgan fingerprint density at radius 2 is 0.500 bits per heavy atom. The molecule has 2 aromatic heterocycles. The van der Waals surface area contributed by atoms with Crippen molar-refractivity contribution in [1.29, 1.82) is 0 Å². The molecule has 2 heterocycles. The zero-order valence-electron chi connectivity index (χ0n) is 44.1. The monoisotopic (exact) mass is 901 g/mol. The normalized spacial score (nSPS) is 13.1. The maximum absolute atomic E-state index is 5.30. The molecule has 6 heteroatoms. The first-order valence-corrected chi connectivity index (χ1v) is 33.4. The van der Waals surface area contributed by atoms with Crippen LogP contribution in [0.4, 0.5) is 0 Å². The van der Waals surface area contributed by atoms with Gasteiger partial charge in [0.05, 0.1) is 11.0 Å². The van der Waals surface area contributed by atoms with Crippen LogP contribution in [0.5, 0.6) is 0 Å². The van der Waals surface area contributed by atoms with Gasteiger partial charge in [-0.3, -0.25) is 9.97 Å². The molecule has 0 radical (unpaired) electrons. The van der Waals surface area contributed by atoms with Crippen LogP contribution in [-0.2, 0) is 0 Å². The number of nitrogens with zero attached hydrogens (tertiary/aromatic N) is 2. The lowest BCUT2D eigenvalue weighted by molar-refractivity contribution is 0.838. The van der Waals surface area contributed by atoms with Crippen LogP contribution in [-0.4, -0.2) is 42.3 Å². The van der Waals surface area contributed by atoms with Crippen molar-refractivity contribution in [2.24, 2.45) is 0 Å². The van der Waals surface area contributed by atoms with Crippen molar-refractivity contribution in [3.05, 3.63) is 46.8 Å². The van der Waals surface area contributed by atoms with Crippen LogP contribution in [0.1, 0.15) is 188 Å². The first kappa shape index (κ1) is 53.5. The molecule has 0 aliphatic heterocycles. The molecule has 2 nitrogen and oxygen atoms in total. The van der Waals surface area contributed by atoms with Crippen LogP contribution in [0.15, 0.2) is 24.5 Å². The molecule has 0 amide bonds. The number of pyridine rings is 2. The number of hydrogen-bond donors (Lipinski definition) is 0. The van der Waals surface area contributed by atoms with Crippen LogP contribution in [0, 0.1) is 45.9 Å². The maximum Gasteiger partial charge on any atom is 0.146 e. The fourth-order valence-electron chi connectivity index (χ4n) is 12.8. The van der Waals surface area contributed by atoms with E-state index in [2.05, 4.69) is 224 Å². The van der Waals surface area contributed by atoms with Crippen molar-refractivity contribution >= 4 is 54.1 Å². The fraction of sp³-hybridized carbons (Fsp3) is 0.643. The van der Waals surface area contributed by atoms with Gasteiger partial charge >= 0.3 is 0 Å². The summed E-state index contributed by atoms with van der Waals surface area (Å²) in [6.07, 6.45) is 3.98. The number of benzene rings is 1. The highest BCUT2D eigenvalue weighted by Crippen LogP contribution is 2.45. The van der Waals surface area contributed by atoms with E-state index in [1.807, 2.05) is 12.4 Å². The van der Waals surface area contributed by atoms with Crippen molar-refractivity contribution in [1.82, 2.24) is 9.97 Å². The zero-order valence-corrected chi connectivity index (χ0v) is 48.1. The molecule has 0 saturated heterocycles. The molecule has 3 aromatic rings. The Morgan fingerprint density at radius 3 is 0.694 bits per heavy atom. The summed E-state index contributed by atoms with van der Waals surface area (Å²) in [5.74, 6) is 15.6. The molecule has 3 rings (SSSR count). The smallest absolute Gasteiger partial charge is 0.146 e. The Bertz CT molecular complexity index is 2040. The number of hydrogen-bond acceptors (Lipinski definition) is 2. The van der Waals surface area contributed by atoms with Crippen molar-refractivity contribution in [2.45, 2.75) is 233 Å². The summed E-state index contributed by atoms with van der Waals surface area (Å²) < 4.78 is 0. The molecule has 338 valence electrons. The van der Waals surface area contributed by atoms with Gasteiger partial charge < -0.3 is 0 Å². The van der Waals surface area contributed by atoms with Gasteiger partial charge in [-0.15, -0.1) is 22.2 Å². The van der Waals surface area contributed by atoms with Crippen LogP contribution in [0.3, 0.4) is 0 Å². The van der Waals surface area contributed by atoms with E-state index in [-0.39, 0.29) is 0 Å². The van der Waals surface area contributed by atoms with Gasteiger partial charge in [0.1, 0.15) is 32.3 Å². The summed E-state index contributed by atoms with van der Waals surface area (Å²) in [5, 5.41) is 2.04. The molecule has 62 heavy (non-hydrogen) atoms. The van der Waals surface area contributed by atoms with Gasteiger partial charge in [0, 0.05) is 45.4 Å². The third kappa shape index (κ3) is 9.86. The van der Waals surface area contributed by atoms with Crippen LogP contribution in [0.2, 0.25) is 66.5 Å². The largest absolute Gasteiger partial charge is 0.253 e. The van der Waals surface area contributed by atoms with Crippen molar-refractivity contribution in [2.75, 3.05) is 0 Å². The second-order valence-electron chi connectivity index (χ2n) is 22.6. The Labute approximate surface area is 387 Å². The SMILES string of the molecule is CC(C)[Si](C#Cc1cnc2c(c1)c(C#C[Si](C(C)C)(C(C)C)C(C)C)c(C#C[Si](C(C)C)(C(C)C)C(C)C)c1cc(C#C[Si](C(C)C)(C(C)C)C(C)C)cnc12)(C(C)C)C(C)C. The quantitative estimate of drug-likeness (QED) is 0.103. The fourth-order valence-corrected chi connectivity index (χ4v) is 33.7. The third-order valence-corrected chi connectivity index (χ3v) is 41.1. The zero-order chi connectivity index (χ0) is 47.4. The topological polar surface area (TPSA) is 25.8 Å². The van der Waals surface area contributed by atoms with Crippen LogP contribution in [0.25, 0.3) is 21.8 Å². The minimum atomic E-state index is -2.15. The second-order valence-corrected chi connectivity index (χ2v) is 44.9. The minimum Gasteiger partial charge on any atom is -0.253 e. The molecule has 0 N–H and O–H groups in total. The Hall–Kier alpha value is -2.85. The average molecular weight is 902 g/mol. The molecule has 0 spiro atoms. The Kier molecular flexibility index (Phi) is 18.1. The molecule has 1 aromatic carbocycles. The first-order chi connectivity index (χ1) is 28.6. The average Bonchev–Trinajstić information content (AvgIpc) is 3.14. The molecule has 0 aliphatic rings. The number of aromatic nitrogens is 2. The van der Waals surface area contributed by atoms with Crippen molar-refractivity contribution in [3.8, 4) is 45.9 Å². The van der Waals surface area contributed by atoms with E-state index in [0.29, 0.717) is 66.5 Å². The highest BCUT2D eigenvalue weighted by molar-refractivity contribution is 6.92. The first-order valence-electron chi connectivity index (χ1n) is 24.5. The Balaban J connectivity index is 2.83. The highest BCUT2D eigenvalue weighted by Gasteiger charge is 2.45. The summed E-state index contributed by atoms with van der Waals surface area (Å²) in [5.41, 5.74) is 28.2.